The van der Waals surface area contributed by atoms with Crippen LogP contribution in [0.15, 0.2) is 12.1 Å². The van der Waals surface area contributed by atoms with Gasteiger partial charge in [0.1, 0.15) is 0 Å². The minimum absolute atomic E-state index is 0.0353. The number of aliphatic hydroxyl groups excluding tert-OH is 1. The number of aromatic nitrogens is 1. The van der Waals surface area contributed by atoms with E-state index in [-0.39, 0.29) is 12.6 Å². The maximum atomic E-state index is 9.04. The van der Waals surface area contributed by atoms with Gasteiger partial charge in [-0.15, -0.1) is 0 Å². The second-order valence-electron chi connectivity index (χ2n) is 3.41. The van der Waals surface area contributed by atoms with E-state index < -0.39 is 0 Å². The second kappa shape index (κ2) is 4.84. The number of rotatable bonds is 4. The maximum absolute atomic E-state index is 9.04. The van der Waals surface area contributed by atoms with Crippen LogP contribution < -0.4 is 15.4 Å². The minimum atomic E-state index is -0.0353. The van der Waals surface area contributed by atoms with Gasteiger partial charge in [0.05, 0.1) is 25.4 Å². The Morgan fingerprint density at radius 1 is 1.60 bits per heavy atom. The van der Waals surface area contributed by atoms with Gasteiger partial charge in [-0.3, -0.25) is 0 Å². The molecule has 0 spiro atoms. The lowest BCUT2D eigenvalue weighted by Gasteiger charge is -2.25. The third-order valence-corrected chi connectivity index (χ3v) is 2.35. The predicted octanol–water partition coefficient (Wildman–Crippen LogP) is 0.489. The Morgan fingerprint density at radius 2 is 2.27 bits per heavy atom. The fourth-order valence-corrected chi connectivity index (χ4v) is 1.17. The van der Waals surface area contributed by atoms with Crippen molar-refractivity contribution in [1.29, 1.82) is 0 Å². The van der Waals surface area contributed by atoms with Crippen LogP contribution in [0.4, 0.5) is 11.5 Å². The number of likely N-dealkylation sites (N-methyl/N-ethyl adjacent to an activating group) is 1. The molecule has 1 aromatic rings. The lowest BCUT2D eigenvalue weighted by Crippen LogP contribution is -2.33. The molecular weight excluding hydrogens is 194 g/mol. The molecule has 0 aliphatic rings. The van der Waals surface area contributed by atoms with Gasteiger partial charge in [-0.1, -0.05) is 0 Å². The average Bonchev–Trinajstić information content (AvgIpc) is 2.27. The van der Waals surface area contributed by atoms with Crippen molar-refractivity contribution in [3.05, 3.63) is 12.1 Å². The molecule has 0 radical (unpaired) electrons. The molecule has 0 aliphatic carbocycles. The fourth-order valence-electron chi connectivity index (χ4n) is 1.17. The van der Waals surface area contributed by atoms with E-state index in [1.165, 1.54) is 0 Å². The molecule has 1 heterocycles. The molecule has 84 valence electrons. The average molecular weight is 211 g/mol. The van der Waals surface area contributed by atoms with Crippen LogP contribution in [0, 0.1) is 0 Å². The number of nitrogen functional groups attached to an aromatic ring is 1. The molecule has 0 amide bonds. The number of hydrogen-bond acceptors (Lipinski definition) is 5. The monoisotopic (exact) mass is 211 g/mol. The molecule has 1 atom stereocenters. The number of nitrogens with zero attached hydrogens (tertiary/aromatic N) is 2. The lowest BCUT2D eigenvalue weighted by molar-refractivity contribution is 0.269. The lowest BCUT2D eigenvalue weighted by atomic mass is 10.3. The smallest absolute Gasteiger partial charge is 0.215 e. The Bertz CT molecular complexity index is 330. The molecule has 1 aromatic heterocycles. The zero-order valence-corrected chi connectivity index (χ0v) is 9.27. The highest BCUT2D eigenvalue weighted by Gasteiger charge is 2.13. The van der Waals surface area contributed by atoms with Crippen molar-refractivity contribution in [2.45, 2.75) is 13.0 Å². The predicted molar refractivity (Wildman–Crippen MR) is 60.2 cm³/mol. The van der Waals surface area contributed by atoms with Crippen molar-refractivity contribution in [3.8, 4) is 5.88 Å². The highest BCUT2D eigenvalue weighted by molar-refractivity contribution is 5.63. The first kappa shape index (κ1) is 11.6. The second-order valence-corrected chi connectivity index (χ2v) is 3.41. The number of nitrogens with two attached hydrogens (primary N) is 1. The largest absolute Gasteiger partial charge is 0.481 e. The minimum Gasteiger partial charge on any atom is -0.481 e. The molecule has 5 nitrogen and oxygen atoms in total. The van der Waals surface area contributed by atoms with Gasteiger partial charge in [0.15, 0.2) is 5.82 Å². The Hall–Kier alpha value is -1.49. The zero-order chi connectivity index (χ0) is 11.4. The third kappa shape index (κ3) is 2.50. The van der Waals surface area contributed by atoms with E-state index in [1.807, 2.05) is 18.9 Å². The van der Waals surface area contributed by atoms with Crippen LogP contribution in [0.25, 0.3) is 0 Å². The van der Waals surface area contributed by atoms with Gasteiger partial charge < -0.3 is 20.5 Å². The number of anilines is 2. The van der Waals surface area contributed by atoms with Crippen molar-refractivity contribution >= 4 is 11.5 Å². The van der Waals surface area contributed by atoms with Gasteiger partial charge in [0.25, 0.3) is 0 Å². The summed E-state index contributed by atoms with van der Waals surface area (Å²) in [6.45, 7) is 1.94. The molecule has 1 unspecified atom stereocenters. The summed E-state index contributed by atoms with van der Waals surface area (Å²) in [6.07, 6.45) is 0. The summed E-state index contributed by atoms with van der Waals surface area (Å²) in [4.78, 5) is 6.04. The molecule has 0 aliphatic heterocycles. The molecule has 0 saturated heterocycles. The van der Waals surface area contributed by atoms with Crippen LogP contribution in [0.1, 0.15) is 6.92 Å². The highest BCUT2D eigenvalue weighted by atomic mass is 16.5. The summed E-state index contributed by atoms with van der Waals surface area (Å²) >= 11 is 0. The molecule has 0 bridgehead atoms. The molecule has 0 fully saturated rings. The van der Waals surface area contributed by atoms with Crippen molar-refractivity contribution in [2.24, 2.45) is 0 Å². The standard InChI is InChI=1S/C10H17N3O2/c1-7(6-14)13(2)10-8(11)4-5-9(12-10)15-3/h4-5,7,14H,6,11H2,1-3H3. The highest BCUT2D eigenvalue weighted by Crippen LogP contribution is 2.23. The molecule has 0 aromatic carbocycles. The van der Waals surface area contributed by atoms with Crippen LogP contribution in [0.2, 0.25) is 0 Å². The number of ether oxygens (including phenoxy) is 1. The third-order valence-electron chi connectivity index (χ3n) is 2.35. The van der Waals surface area contributed by atoms with E-state index in [0.29, 0.717) is 17.4 Å². The molecule has 15 heavy (non-hydrogen) atoms. The van der Waals surface area contributed by atoms with Gasteiger partial charge >= 0.3 is 0 Å². The topological polar surface area (TPSA) is 71.6 Å². The van der Waals surface area contributed by atoms with E-state index in [0.717, 1.165) is 0 Å². The van der Waals surface area contributed by atoms with Gasteiger partial charge in [-0.25, -0.2) is 0 Å². The Morgan fingerprint density at radius 3 is 2.80 bits per heavy atom. The Labute approximate surface area is 89.5 Å². The summed E-state index contributed by atoms with van der Waals surface area (Å²) in [5, 5.41) is 9.04. The Balaban J connectivity index is 3.01. The molecule has 1 rings (SSSR count). The molecule has 3 N–H and O–H groups in total. The number of pyridine rings is 1. The molecule has 0 saturated carbocycles. The van der Waals surface area contributed by atoms with Gasteiger partial charge in [-0.05, 0) is 13.0 Å². The number of aliphatic hydroxyl groups is 1. The zero-order valence-electron chi connectivity index (χ0n) is 9.27. The summed E-state index contributed by atoms with van der Waals surface area (Å²) in [5.74, 6) is 1.13. The van der Waals surface area contributed by atoms with Crippen molar-refractivity contribution in [3.63, 3.8) is 0 Å². The van der Waals surface area contributed by atoms with Gasteiger partial charge in [0.2, 0.25) is 5.88 Å². The van der Waals surface area contributed by atoms with Crippen LogP contribution >= 0.6 is 0 Å². The molecular formula is C10H17N3O2. The van der Waals surface area contributed by atoms with E-state index in [4.69, 9.17) is 15.6 Å². The van der Waals surface area contributed by atoms with E-state index >= 15 is 0 Å². The summed E-state index contributed by atoms with van der Waals surface area (Å²) in [7, 11) is 3.39. The van der Waals surface area contributed by atoms with Crippen LogP contribution in [0.5, 0.6) is 5.88 Å². The van der Waals surface area contributed by atoms with E-state index in [9.17, 15) is 0 Å². The number of methoxy groups -OCH3 is 1. The van der Waals surface area contributed by atoms with Crippen LogP contribution in [-0.4, -0.2) is 36.9 Å². The van der Waals surface area contributed by atoms with Gasteiger partial charge in [-0.2, -0.15) is 4.98 Å². The fraction of sp³-hybridized carbons (Fsp3) is 0.500. The van der Waals surface area contributed by atoms with E-state index in [2.05, 4.69) is 4.98 Å². The number of hydrogen-bond donors (Lipinski definition) is 2. The van der Waals surface area contributed by atoms with Crippen LogP contribution in [-0.2, 0) is 0 Å². The summed E-state index contributed by atoms with van der Waals surface area (Å²) in [5.41, 5.74) is 6.36. The summed E-state index contributed by atoms with van der Waals surface area (Å²) in [6, 6.07) is 3.41. The maximum Gasteiger partial charge on any atom is 0.215 e. The SMILES string of the molecule is COc1ccc(N)c(N(C)C(C)CO)n1. The van der Waals surface area contributed by atoms with Gasteiger partial charge in [0, 0.05) is 13.1 Å². The van der Waals surface area contributed by atoms with E-state index in [1.54, 1.807) is 19.2 Å². The first-order valence-corrected chi connectivity index (χ1v) is 4.74. The molecule has 5 heteroatoms. The van der Waals surface area contributed by atoms with Crippen LogP contribution in [0.3, 0.4) is 0 Å². The first-order valence-electron chi connectivity index (χ1n) is 4.74. The quantitative estimate of drug-likeness (QED) is 0.758. The van der Waals surface area contributed by atoms with Crippen molar-refractivity contribution in [2.75, 3.05) is 31.4 Å². The van der Waals surface area contributed by atoms with Crippen molar-refractivity contribution in [1.82, 2.24) is 4.98 Å². The Kier molecular flexibility index (Phi) is 3.74. The van der Waals surface area contributed by atoms with Crippen molar-refractivity contribution < 1.29 is 9.84 Å². The normalized spacial score (nSPS) is 12.3. The first-order chi connectivity index (χ1) is 7.10. The summed E-state index contributed by atoms with van der Waals surface area (Å²) < 4.78 is 5.02.